The molecular weight excluding hydrogens is 354 g/mol. The molecule has 2 N–H and O–H groups in total. The first-order chi connectivity index (χ1) is 11.1. The second-order valence-electron chi connectivity index (χ2n) is 5.85. The number of hydrogen-bond donors (Lipinski definition) is 2. The summed E-state index contributed by atoms with van der Waals surface area (Å²) in [7, 11) is 0. The maximum atomic E-state index is 12.2. The molecule has 2 aromatic carbocycles. The minimum atomic E-state index is -0.159. The van der Waals surface area contributed by atoms with Gasteiger partial charge in [0.05, 0.1) is 5.69 Å². The number of para-hydroxylation sites is 1. The third kappa shape index (κ3) is 4.05. The van der Waals surface area contributed by atoms with E-state index in [1.165, 1.54) is 11.3 Å². The van der Waals surface area contributed by atoms with E-state index >= 15 is 0 Å². The highest BCUT2D eigenvalue weighted by Crippen LogP contribution is 2.23. The zero-order chi connectivity index (χ0) is 16.2. The molecule has 2 amide bonds. The lowest BCUT2D eigenvalue weighted by Gasteiger charge is -2.19. The van der Waals surface area contributed by atoms with Gasteiger partial charge in [-0.1, -0.05) is 24.3 Å². The first kappa shape index (κ1) is 15.9. The Kier molecular flexibility index (Phi) is 4.86. The molecule has 5 heteroatoms. The number of anilines is 2. The first-order valence-corrected chi connectivity index (χ1v) is 8.55. The van der Waals surface area contributed by atoms with E-state index in [-0.39, 0.29) is 12.1 Å². The van der Waals surface area contributed by atoms with Crippen molar-refractivity contribution < 1.29 is 4.79 Å². The Morgan fingerprint density at radius 3 is 2.83 bits per heavy atom. The second kappa shape index (κ2) is 7.04. The summed E-state index contributed by atoms with van der Waals surface area (Å²) in [6, 6.07) is 16.1. The van der Waals surface area contributed by atoms with Gasteiger partial charge in [0.25, 0.3) is 0 Å². The number of aryl methyl sites for hydroxylation is 1. The monoisotopic (exact) mass is 373 g/mol. The van der Waals surface area contributed by atoms with E-state index in [1.54, 1.807) is 0 Å². The number of nitrogens with zero attached hydrogens (tertiary/aromatic N) is 1. The second-order valence-corrected chi connectivity index (χ2v) is 6.70. The zero-order valence-corrected chi connectivity index (χ0v) is 14.6. The molecule has 0 aliphatic carbocycles. The number of carbonyl (C=O) groups is 1. The minimum Gasteiger partial charge on any atom is -0.369 e. The number of carbonyl (C=O) groups excluding carboxylic acids is 1. The van der Waals surface area contributed by atoms with Crippen molar-refractivity contribution in [3.05, 3.63) is 58.6 Å². The molecule has 23 heavy (non-hydrogen) atoms. The van der Waals surface area contributed by atoms with Gasteiger partial charge in [-0.2, -0.15) is 0 Å². The highest BCUT2D eigenvalue weighted by Gasteiger charge is 2.24. The molecule has 1 fully saturated rings. The summed E-state index contributed by atoms with van der Waals surface area (Å²) in [4.78, 5) is 14.5. The third-order valence-electron chi connectivity index (χ3n) is 4.01. The molecule has 1 atom stereocenters. The standard InChI is InChI=1S/C18H20BrN3O/c1-13-5-4-6-15(11-13)22-10-9-14(12-22)20-18(23)21-17-8-3-2-7-16(17)19/h2-8,11,14H,9-10,12H2,1H3,(H2,20,21,23). The molecule has 0 aromatic heterocycles. The van der Waals surface area contributed by atoms with Crippen molar-refractivity contribution in [2.75, 3.05) is 23.3 Å². The smallest absolute Gasteiger partial charge is 0.319 e. The van der Waals surface area contributed by atoms with Crippen LogP contribution in [0.2, 0.25) is 0 Å². The molecule has 1 aliphatic heterocycles. The summed E-state index contributed by atoms with van der Waals surface area (Å²) in [6.07, 6.45) is 0.956. The van der Waals surface area contributed by atoms with Crippen LogP contribution in [0.3, 0.4) is 0 Å². The Bertz CT molecular complexity index is 704. The van der Waals surface area contributed by atoms with Crippen molar-refractivity contribution in [3.8, 4) is 0 Å². The number of hydrogen-bond acceptors (Lipinski definition) is 2. The summed E-state index contributed by atoms with van der Waals surface area (Å²) < 4.78 is 0.878. The fourth-order valence-electron chi connectivity index (χ4n) is 2.84. The van der Waals surface area contributed by atoms with Crippen molar-refractivity contribution in [2.24, 2.45) is 0 Å². The first-order valence-electron chi connectivity index (χ1n) is 7.75. The van der Waals surface area contributed by atoms with Gasteiger partial charge in [-0.15, -0.1) is 0 Å². The molecule has 0 spiro atoms. The van der Waals surface area contributed by atoms with E-state index in [0.29, 0.717) is 0 Å². The highest BCUT2D eigenvalue weighted by atomic mass is 79.9. The summed E-state index contributed by atoms with van der Waals surface area (Å²) >= 11 is 3.43. The van der Waals surface area contributed by atoms with Crippen LogP contribution in [-0.2, 0) is 0 Å². The summed E-state index contributed by atoms with van der Waals surface area (Å²) in [6.45, 7) is 3.90. The number of urea groups is 1. The Morgan fingerprint density at radius 2 is 2.04 bits per heavy atom. The Morgan fingerprint density at radius 1 is 1.22 bits per heavy atom. The van der Waals surface area contributed by atoms with Crippen LogP contribution >= 0.6 is 15.9 Å². The van der Waals surface area contributed by atoms with E-state index in [1.807, 2.05) is 24.3 Å². The van der Waals surface area contributed by atoms with Gasteiger partial charge in [0, 0.05) is 29.3 Å². The highest BCUT2D eigenvalue weighted by molar-refractivity contribution is 9.10. The van der Waals surface area contributed by atoms with Gasteiger partial charge in [0.15, 0.2) is 0 Å². The molecule has 4 nitrogen and oxygen atoms in total. The summed E-state index contributed by atoms with van der Waals surface area (Å²) in [5.41, 5.74) is 3.25. The van der Waals surface area contributed by atoms with E-state index in [2.05, 4.69) is 62.7 Å². The molecule has 1 saturated heterocycles. The molecule has 0 saturated carbocycles. The number of halogens is 1. The largest absolute Gasteiger partial charge is 0.369 e. The normalized spacial score (nSPS) is 17.1. The van der Waals surface area contributed by atoms with Crippen LogP contribution in [0.15, 0.2) is 53.0 Å². The lowest BCUT2D eigenvalue weighted by Crippen LogP contribution is -2.39. The van der Waals surface area contributed by atoms with E-state index in [4.69, 9.17) is 0 Å². The summed E-state index contributed by atoms with van der Waals surface area (Å²) in [5.74, 6) is 0. The topological polar surface area (TPSA) is 44.4 Å². The Hall–Kier alpha value is -2.01. The van der Waals surface area contributed by atoms with Crippen LogP contribution in [0, 0.1) is 6.92 Å². The zero-order valence-electron chi connectivity index (χ0n) is 13.1. The van der Waals surface area contributed by atoms with Crippen LogP contribution in [0.4, 0.5) is 16.2 Å². The lowest BCUT2D eigenvalue weighted by atomic mass is 10.2. The maximum absolute atomic E-state index is 12.2. The molecule has 1 aliphatic rings. The molecule has 1 unspecified atom stereocenters. The van der Waals surface area contributed by atoms with Gasteiger partial charge in [-0.05, 0) is 59.1 Å². The van der Waals surface area contributed by atoms with Gasteiger partial charge < -0.3 is 15.5 Å². The van der Waals surface area contributed by atoms with Crippen LogP contribution in [0.5, 0.6) is 0 Å². The number of nitrogens with one attached hydrogen (secondary N) is 2. The average molecular weight is 374 g/mol. The lowest BCUT2D eigenvalue weighted by molar-refractivity contribution is 0.249. The van der Waals surface area contributed by atoms with E-state index in [9.17, 15) is 4.79 Å². The van der Waals surface area contributed by atoms with E-state index in [0.717, 1.165) is 29.7 Å². The number of amides is 2. The van der Waals surface area contributed by atoms with Crippen molar-refractivity contribution in [1.29, 1.82) is 0 Å². The average Bonchev–Trinajstić information content (AvgIpc) is 2.98. The van der Waals surface area contributed by atoms with Crippen LogP contribution in [-0.4, -0.2) is 25.2 Å². The molecular formula is C18H20BrN3O. The van der Waals surface area contributed by atoms with Gasteiger partial charge in [0.1, 0.15) is 0 Å². The van der Waals surface area contributed by atoms with Crippen molar-refractivity contribution in [3.63, 3.8) is 0 Å². The fraction of sp³-hybridized carbons (Fsp3) is 0.278. The van der Waals surface area contributed by atoms with Crippen molar-refractivity contribution in [2.45, 2.75) is 19.4 Å². The van der Waals surface area contributed by atoms with Crippen LogP contribution in [0.1, 0.15) is 12.0 Å². The predicted molar refractivity (Wildman–Crippen MR) is 98.1 cm³/mol. The van der Waals surface area contributed by atoms with Gasteiger partial charge in [-0.25, -0.2) is 4.79 Å². The fourth-order valence-corrected chi connectivity index (χ4v) is 3.23. The molecule has 3 rings (SSSR count). The molecule has 0 radical (unpaired) electrons. The molecule has 2 aromatic rings. The maximum Gasteiger partial charge on any atom is 0.319 e. The summed E-state index contributed by atoms with van der Waals surface area (Å²) in [5, 5.41) is 5.94. The van der Waals surface area contributed by atoms with Crippen LogP contribution < -0.4 is 15.5 Å². The third-order valence-corrected chi connectivity index (χ3v) is 4.70. The molecule has 0 bridgehead atoms. The van der Waals surface area contributed by atoms with Gasteiger partial charge >= 0.3 is 6.03 Å². The van der Waals surface area contributed by atoms with Gasteiger partial charge in [-0.3, -0.25) is 0 Å². The number of benzene rings is 2. The number of rotatable bonds is 3. The molecule has 1 heterocycles. The quantitative estimate of drug-likeness (QED) is 0.848. The van der Waals surface area contributed by atoms with Gasteiger partial charge in [0.2, 0.25) is 0 Å². The predicted octanol–water partition coefficient (Wildman–Crippen LogP) is 4.16. The Labute approximate surface area is 145 Å². The Balaban J connectivity index is 1.55. The molecule has 120 valence electrons. The van der Waals surface area contributed by atoms with Crippen molar-refractivity contribution >= 4 is 33.3 Å². The van der Waals surface area contributed by atoms with Crippen LogP contribution in [0.25, 0.3) is 0 Å². The SMILES string of the molecule is Cc1cccc(N2CCC(NC(=O)Nc3ccccc3Br)C2)c1. The van der Waals surface area contributed by atoms with E-state index < -0.39 is 0 Å². The van der Waals surface area contributed by atoms with Crippen molar-refractivity contribution in [1.82, 2.24) is 5.32 Å². The minimum absolute atomic E-state index is 0.159.